The van der Waals surface area contributed by atoms with Crippen LogP contribution in [0.4, 0.5) is 9.59 Å². The van der Waals surface area contributed by atoms with E-state index in [1.54, 1.807) is 34.5 Å². The van der Waals surface area contributed by atoms with Gasteiger partial charge in [0.2, 0.25) is 11.8 Å². The normalized spacial score (nSPS) is 20.4. The third-order valence-corrected chi connectivity index (χ3v) is 9.62. The van der Waals surface area contributed by atoms with E-state index in [0.29, 0.717) is 47.4 Å². The summed E-state index contributed by atoms with van der Waals surface area (Å²) in [7, 11) is 2.55. The molecular formula is C39H49N9O6. The number of imidazole rings is 2. The Morgan fingerprint density at radius 2 is 1.17 bits per heavy atom. The van der Waals surface area contributed by atoms with Crippen LogP contribution < -0.4 is 10.6 Å². The number of alkyl carbamates (subject to hydrolysis) is 2. The van der Waals surface area contributed by atoms with Crippen LogP contribution >= 0.6 is 0 Å². The maximum atomic E-state index is 13.6. The minimum Gasteiger partial charge on any atom is -0.453 e. The van der Waals surface area contributed by atoms with E-state index in [1.807, 2.05) is 33.8 Å². The fraction of sp³-hybridized carbons (Fsp3) is 0.513. The predicted octanol–water partition coefficient (Wildman–Crippen LogP) is 3.91. The second-order valence-corrected chi connectivity index (χ2v) is 14.7. The van der Waals surface area contributed by atoms with Crippen LogP contribution in [0.1, 0.15) is 101 Å². The summed E-state index contributed by atoms with van der Waals surface area (Å²) >= 11 is 0. The number of carbonyl (C=O) groups excluding carboxylic acids is 4. The molecule has 0 bridgehead atoms. The summed E-state index contributed by atoms with van der Waals surface area (Å²) in [5.74, 6) is 13.5. The van der Waals surface area contributed by atoms with Crippen molar-refractivity contribution >= 4 is 24.0 Å². The highest BCUT2D eigenvalue weighted by atomic mass is 16.5. The second kappa shape index (κ2) is 17.3. The zero-order chi connectivity index (χ0) is 39.1. The molecule has 54 heavy (non-hydrogen) atoms. The molecule has 0 spiro atoms. The summed E-state index contributed by atoms with van der Waals surface area (Å²) in [5, 5.41) is 5.35. The Morgan fingerprint density at radius 1 is 0.704 bits per heavy atom. The first-order chi connectivity index (χ1) is 25.8. The number of aromatic nitrogens is 5. The molecule has 5 heterocycles. The number of likely N-dealkylation sites (tertiary alicyclic amines) is 2. The Labute approximate surface area is 315 Å². The molecule has 0 radical (unpaired) electrons. The number of nitrogens with one attached hydrogen (secondary N) is 4. The molecule has 2 aliphatic heterocycles. The van der Waals surface area contributed by atoms with Gasteiger partial charge in [-0.25, -0.2) is 24.5 Å². The van der Waals surface area contributed by atoms with Crippen molar-refractivity contribution in [3.05, 3.63) is 65.0 Å². The van der Waals surface area contributed by atoms with Crippen molar-refractivity contribution in [3.8, 4) is 23.7 Å². The number of hydrogen-bond acceptors (Lipinski definition) is 9. The molecule has 6 unspecified atom stereocenters. The highest BCUT2D eigenvalue weighted by Crippen LogP contribution is 2.36. The lowest BCUT2D eigenvalue weighted by atomic mass is 10.0. The summed E-state index contributed by atoms with van der Waals surface area (Å²) in [4.78, 5) is 74.6. The molecule has 0 aromatic carbocycles. The number of pyridine rings is 1. The SMILES string of the molecule is COC(=O)NC(C(=O)N1CC(C)CC1c1ncc(C#Cc2ccc(C#Cc3cnc(C4CC(C)CN4C(=O)C(NC(=O)OC)C(C)C)[nH]3)nc2)[nH]1)C(C)C. The summed E-state index contributed by atoms with van der Waals surface area (Å²) in [6, 6.07) is 1.62. The summed E-state index contributed by atoms with van der Waals surface area (Å²) in [6.07, 6.45) is 5.10. The van der Waals surface area contributed by atoms with Crippen LogP contribution in [0.5, 0.6) is 0 Å². The lowest BCUT2D eigenvalue weighted by molar-refractivity contribution is -0.136. The van der Waals surface area contributed by atoms with E-state index < -0.39 is 24.3 Å². The van der Waals surface area contributed by atoms with E-state index in [4.69, 9.17) is 9.47 Å². The molecule has 0 saturated carbocycles. The molecule has 3 aromatic rings. The average molecular weight is 740 g/mol. The van der Waals surface area contributed by atoms with Crippen LogP contribution in [-0.2, 0) is 19.1 Å². The fourth-order valence-electron chi connectivity index (χ4n) is 6.81. The number of nitrogens with zero attached hydrogens (tertiary/aromatic N) is 5. The van der Waals surface area contributed by atoms with Gasteiger partial charge in [-0.15, -0.1) is 0 Å². The molecule has 2 fully saturated rings. The number of rotatable bonds is 8. The summed E-state index contributed by atoms with van der Waals surface area (Å²) < 4.78 is 9.48. The van der Waals surface area contributed by atoms with Crippen LogP contribution in [0.3, 0.4) is 0 Å². The van der Waals surface area contributed by atoms with E-state index >= 15 is 0 Å². The monoisotopic (exact) mass is 739 g/mol. The van der Waals surface area contributed by atoms with Crippen LogP contribution in [0, 0.1) is 47.4 Å². The lowest BCUT2D eigenvalue weighted by Gasteiger charge is -2.30. The van der Waals surface area contributed by atoms with Gasteiger partial charge in [-0.3, -0.25) is 9.59 Å². The van der Waals surface area contributed by atoms with E-state index in [1.165, 1.54) is 14.2 Å². The Morgan fingerprint density at radius 3 is 1.57 bits per heavy atom. The molecule has 2 saturated heterocycles. The molecule has 5 rings (SSSR count). The first-order valence-corrected chi connectivity index (χ1v) is 18.2. The number of aromatic amines is 2. The van der Waals surface area contributed by atoms with Crippen LogP contribution in [0.15, 0.2) is 30.7 Å². The maximum Gasteiger partial charge on any atom is 0.407 e. The van der Waals surface area contributed by atoms with Crippen molar-refractivity contribution in [1.82, 2.24) is 45.4 Å². The number of methoxy groups -OCH3 is 2. The topological polar surface area (TPSA) is 188 Å². The fourth-order valence-corrected chi connectivity index (χ4v) is 6.81. The molecule has 6 atom stereocenters. The van der Waals surface area contributed by atoms with E-state index in [0.717, 1.165) is 12.8 Å². The van der Waals surface area contributed by atoms with Crippen LogP contribution in [0.25, 0.3) is 0 Å². The van der Waals surface area contributed by atoms with Crippen molar-refractivity contribution in [1.29, 1.82) is 0 Å². The highest BCUT2D eigenvalue weighted by Gasteiger charge is 2.41. The third kappa shape index (κ3) is 9.39. The van der Waals surface area contributed by atoms with E-state index in [2.05, 4.69) is 73.1 Å². The maximum absolute atomic E-state index is 13.6. The molecule has 4 N–H and O–H groups in total. The van der Waals surface area contributed by atoms with Gasteiger partial charge in [0.05, 0.1) is 38.7 Å². The number of carbonyl (C=O) groups is 4. The Bertz CT molecular complexity index is 1810. The minimum atomic E-state index is -0.721. The number of hydrogen-bond donors (Lipinski definition) is 4. The quantitative estimate of drug-likeness (QED) is 0.249. The van der Waals surface area contributed by atoms with Crippen molar-refractivity contribution in [2.24, 2.45) is 23.7 Å². The molecule has 4 amide bonds. The second-order valence-electron chi connectivity index (χ2n) is 14.7. The van der Waals surface area contributed by atoms with Crippen molar-refractivity contribution in [3.63, 3.8) is 0 Å². The summed E-state index contributed by atoms with van der Waals surface area (Å²) in [5.41, 5.74) is 2.41. The largest absolute Gasteiger partial charge is 0.453 e. The van der Waals surface area contributed by atoms with Gasteiger partial charge in [-0.1, -0.05) is 47.5 Å². The first kappa shape index (κ1) is 39.4. The predicted molar refractivity (Wildman–Crippen MR) is 198 cm³/mol. The van der Waals surface area contributed by atoms with Crippen LogP contribution in [0.2, 0.25) is 0 Å². The van der Waals surface area contributed by atoms with Crippen molar-refractivity contribution < 1.29 is 28.7 Å². The van der Waals surface area contributed by atoms with Crippen molar-refractivity contribution in [2.75, 3.05) is 27.3 Å². The number of amides is 4. The standard InChI is InChI=1S/C39H49N9O6/c1-22(2)32(45-38(51)53-7)36(49)47-20-24(5)15-30(47)34-41-18-28(43-34)12-10-26-9-11-27(40-17-26)13-14-29-19-42-35(44-29)31-16-25(6)21-48(31)37(50)33(23(3)4)46-39(52)54-8/h9,11,17-19,22-25,30-33H,15-16,20-21H2,1-8H3,(H,41,43)(H,42,44)(H,45,51)(H,46,52). The molecule has 2 aliphatic rings. The van der Waals surface area contributed by atoms with Gasteiger partial charge in [-0.05, 0) is 66.4 Å². The van der Waals surface area contributed by atoms with Crippen LogP contribution in [-0.4, -0.2) is 98.1 Å². The average Bonchev–Trinajstić information content (AvgIpc) is 3.97. The molecule has 3 aromatic heterocycles. The zero-order valence-electron chi connectivity index (χ0n) is 32.0. The summed E-state index contributed by atoms with van der Waals surface area (Å²) in [6.45, 7) is 12.8. The van der Waals surface area contributed by atoms with Gasteiger partial charge in [0.1, 0.15) is 40.8 Å². The lowest BCUT2D eigenvalue weighted by Crippen LogP contribution is -2.51. The molecule has 286 valence electrons. The Hall–Kier alpha value is -5.83. The Balaban J connectivity index is 1.23. The highest BCUT2D eigenvalue weighted by molar-refractivity contribution is 5.87. The van der Waals surface area contributed by atoms with Gasteiger partial charge in [0, 0.05) is 24.8 Å². The molecule has 15 nitrogen and oxygen atoms in total. The Kier molecular flexibility index (Phi) is 12.6. The van der Waals surface area contributed by atoms with Crippen molar-refractivity contribution in [2.45, 2.75) is 78.6 Å². The minimum absolute atomic E-state index is 0.131. The van der Waals surface area contributed by atoms with Gasteiger partial charge < -0.3 is 39.9 Å². The van der Waals surface area contributed by atoms with E-state index in [-0.39, 0.29) is 47.6 Å². The smallest absolute Gasteiger partial charge is 0.407 e. The van der Waals surface area contributed by atoms with Gasteiger partial charge >= 0.3 is 12.2 Å². The van der Waals surface area contributed by atoms with Gasteiger partial charge in [-0.2, -0.15) is 0 Å². The third-order valence-electron chi connectivity index (χ3n) is 9.62. The number of ether oxygens (including phenoxy) is 2. The zero-order valence-corrected chi connectivity index (χ0v) is 32.0. The first-order valence-electron chi connectivity index (χ1n) is 18.2. The van der Waals surface area contributed by atoms with E-state index in [9.17, 15) is 19.2 Å². The van der Waals surface area contributed by atoms with Gasteiger partial charge in [0.15, 0.2) is 0 Å². The van der Waals surface area contributed by atoms with Gasteiger partial charge in [0.25, 0.3) is 0 Å². The molecule has 15 heteroatoms. The molecular weight excluding hydrogens is 690 g/mol. The molecule has 0 aliphatic carbocycles. The number of H-pyrrole nitrogens is 2.